The molecule has 0 fully saturated rings. The molecule has 0 aliphatic carbocycles. The number of aryl methyl sites for hydroxylation is 1. The van der Waals surface area contributed by atoms with Crippen molar-refractivity contribution < 1.29 is 4.42 Å². The molecular formula is C13H15NO. The van der Waals surface area contributed by atoms with E-state index in [1.807, 2.05) is 31.2 Å². The summed E-state index contributed by atoms with van der Waals surface area (Å²) in [5.74, 6) is 0.888. The number of hydrogen-bond donors (Lipinski definition) is 1. The molecule has 0 aliphatic heterocycles. The summed E-state index contributed by atoms with van der Waals surface area (Å²) in [5, 5.41) is 0. The minimum atomic E-state index is -0.0533. The van der Waals surface area contributed by atoms with Gasteiger partial charge in [-0.2, -0.15) is 0 Å². The van der Waals surface area contributed by atoms with Crippen LogP contribution < -0.4 is 5.73 Å². The van der Waals surface area contributed by atoms with Crippen LogP contribution in [0, 0.1) is 6.92 Å². The van der Waals surface area contributed by atoms with Crippen molar-refractivity contribution >= 4 is 0 Å². The normalized spacial score (nSPS) is 12.7. The van der Waals surface area contributed by atoms with Crippen LogP contribution in [0.4, 0.5) is 0 Å². The molecule has 1 aromatic carbocycles. The average molecular weight is 201 g/mol. The van der Waals surface area contributed by atoms with Gasteiger partial charge < -0.3 is 10.2 Å². The Morgan fingerprint density at radius 1 is 1.20 bits per heavy atom. The zero-order chi connectivity index (χ0) is 10.7. The SMILES string of the molecule is Cc1ccoc1C(N)Cc1ccccc1. The number of hydrogen-bond acceptors (Lipinski definition) is 2. The standard InChI is InChI=1S/C13H15NO/c1-10-7-8-15-13(10)12(14)9-11-5-3-2-4-6-11/h2-8,12H,9,14H2,1H3. The first kappa shape index (κ1) is 9.99. The Hall–Kier alpha value is -1.54. The van der Waals surface area contributed by atoms with E-state index in [0.29, 0.717) is 0 Å². The lowest BCUT2D eigenvalue weighted by Gasteiger charge is -2.09. The van der Waals surface area contributed by atoms with Gasteiger partial charge in [-0.15, -0.1) is 0 Å². The molecule has 0 saturated carbocycles. The smallest absolute Gasteiger partial charge is 0.123 e. The molecule has 2 aromatic rings. The predicted molar refractivity (Wildman–Crippen MR) is 60.5 cm³/mol. The fourth-order valence-corrected chi connectivity index (χ4v) is 1.73. The van der Waals surface area contributed by atoms with Crippen LogP contribution >= 0.6 is 0 Å². The Balaban J connectivity index is 2.11. The van der Waals surface area contributed by atoms with Crippen LogP contribution in [0.5, 0.6) is 0 Å². The van der Waals surface area contributed by atoms with Gasteiger partial charge in [-0.05, 0) is 30.5 Å². The molecule has 0 amide bonds. The van der Waals surface area contributed by atoms with Crippen LogP contribution in [0.2, 0.25) is 0 Å². The quantitative estimate of drug-likeness (QED) is 0.829. The zero-order valence-corrected chi connectivity index (χ0v) is 8.81. The first-order chi connectivity index (χ1) is 7.27. The first-order valence-electron chi connectivity index (χ1n) is 5.11. The summed E-state index contributed by atoms with van der Waals surface area (Å²) in [6.45, 7) is 2.02. The van der Waals surface area contributed by atoms with Gasteiger partial charge in [0.25, 0.3) is 0 Å². The van der Waals surface area contributed by atoms with E-state index in [1.165, 1.54) is 5.56 Å². The minimum Gasteiger partial charge on any atom is -0.467 e. The Morgan fingerprint density at radius 2 is 1.93 bits per heavy atom. The molecule has 2 heteroatoms. The fourth-order valence-electron chi connectivity index (χ4n) is 1.73. The molecule has 0 spiro atoms. The van der Waals surface area contributed by atoms with Gasteiger partial charge in [0.05, 0.1) is 12.3 Å². The molecule has 0 aliphatic rings. The highest BCUT2D eigenvalue weighted by atomic mass is 16.3. The van der Waals surface area contributed by atoms with Crippen molar-refractivity contribution in [2.45, 2.75) is 19.4 Å². The van der Waals surface area contributed by atoms with E-state index >= 15 is 0 Å². The molecule has 0 bridgehead atoms. The van der Waals surface area contributed by atoms with Gasteiger partial charge in [0.2, 0.25) is 0 Å². The van der Waals surface area contributed by atoms with Crippen molar-refractivity contribution in [3.8, 4) is 0 Å². The minimum absolute atomic E-state index is 0.0533. The molecule has 2 nitrogen and oxygen atoms in total. The van der Waals surface area contributed by atoms with Crippen molar-refractivity contribution in [2.24, 2.45) is 5.73 Å². The zero-order valence-electron chi connectivity index (χ0n) is 8.81. The van der Waals surface area contributed by atoms with Crippen molar-refractivity contribution in [3.05, 3.63) is 59.5 Å². The Morgan fingerprint density at radius 3 is 2.53 bits per heavy atom. The molecule has 2 N–H and O–H groups in total. The van der Waals surface area contributed by atoms with Crippen LogP contribution in [-0.2, 0) is 6.42 Å². The van der Waals surface area contributed by atoms with Gasteiger partial charge >= 0.3 is 0 Å². The van der Waals surface area contributed by atoms with E-state index in [0.717, 1.165) is 17.7 Å². The lowest BCUT2D eigenvalue weighted by atomic mass is 10.0. The summed E-state index contributed by atoms with van der Waals surface area (Å²) in [5.41, 5.74) is 8.44. The molecule has 15 heavy (non-hydrogen) atoms. The largest absolute Gasteiger partial charge is 0.467 e. The second kappa shape index (κ2) is 4.32. The molecule has 1 atom stereocenters. The lowest BCUT2D eigenvalue weighted by Crippen LogP contribution is -2.13. The number of furan rings is 1. The van der Waals surface area contributed by atoms with E-state index in [-0.39, 0.29) is 6.04 Å². The van der Waals surface area contributed by atoms with E-state index < -0.39 is 0 Å². The summed E-state index contributed by atoms with van der Waals surface area (Å²) >= 11 is 0. The van der Waals surface area contributed by atoms with Gasteiger partial charge in [0, 0.05) is 0 Å². The summed E-state index contributed by atoms with van der Waals surface area (Å²) in [6.07, 6.45) is 2.50. The van der Waals surface area contributed by atoms with E-state index in [9.17, 15) is 0 Å². The Kier molecular flexibility index (Phi) is 2.88. The first-order valence-corrected chi connectivity index (χ1v) is 5.11. The van der Waals surface area contributed by atoms with Crippen molar-refractivity contribution in [1.29, 1.82) is 0 Å². The third-order valence-electron chi connectivity index (χ3n) is 2.54. The lowest BCUT2D eigenvalue weighted by molar-refractivity contribution is 0.461. The number of nitrogens with two attached hydrogens (primary N) is 1. The average Bonchev–Trinajstić information content (AvgIpc) is 2.66. The monoisotopic (exact) mass is 201 g/mol. The Bertz CT molecular complexity index is 419. The van der Waals surface area contributed by atoms with E-state index in [2.05, 4.69) is 12.1 Å². The predicted octanol–water partition coefficient (Wildman–Crippen LogP) is 2.83. The molecular weight excluding hydrogens is 186 g/mol. The summed E-state index contributed by atoms with van der Waals surface area (Å²) in [4.78, 5) is 0. The van der Waals surface area contributed by atoms with Gasteiger partial charge in [-0.25, -0.2) is 0 Å². The molecule has 1 heterocycles. The molecule has 0 radical (unpaired) electrons. The highest BCUT2D eigenvalue weighted by molar-refractivity contribution is 5.22. The fraction of sp³-hybridized carbons (Fsp3) is 0.231. The topological polar surface area (TPSA) is 39.2 Å². The summed E-state index contributed by atoms with van der Waals surface area (Å²) < 4.78 is 5.37. The maximum absolute atomic E-state index is 6.08. The van der Waals surface area contributed by atoms with Gasteiger partial charge in [0.1, 0.15) is 5.76 Å². The summed E-state index contributed by atoms with van der Waals surface area (Å²) in [7, 11) is 0. The molecule has 2 rings (SSSR count). The van der Waals surface area contributed by atoms with Crippen LogP contribution in [0.15, 0.2) is 47.1 Å². The summed E-state index contributed by atoms with van der Waals surface area (Å²) in [6, 6.07) is 12.1. The van der Waals surface area contributed by atoms with Crippen LogP contribution in [0.3, 0.4) is 0 Å². The van der Waals surface area contributed by atoms with Crippen LogP contribution in [-0.4, -0.2) is 0 Å². The van der Waals surface area contributed by atoms with Gasteiger partial charge in [0.15, 0.2) is 0 Å². The molecule has 1 aromatic heterocycles. The highest BCUT2D eigenvalue weighted by Gasteiger charge is 2.12. The third-order valence-corrected chi connectivity index (χ3v) is 2.54. The van der Waals surface area contributed by atoms with E-state index in [1.54, 1.807) is 6.26 Å². The molecule has 1 unspecified atom stereocenters. The number of rotatable bonds is 3. The second-order valence-corrected chi connectivity index (χ2v) is 3.76. The molecule has 0 saturated heterocycles. The van der Waals surface area contributed by atoms with Crippen molar-refractivity contribution in [1.82, 2.24) is 0 Å². The Labute approximate surface area is 89.7 Å². The third kappa shape index (κ3) is 2.28. The van der Waals surface area contributed by atoms with E-state index in [4.69, 9.17) is 10.2 Å². The van der Waals surface area contributed by atoms with Crippen molar-refractivity contribution in [3.63, 3.8) is 0 Å². The second-order valence-electron chi connectivity index (χ2n) is 3.76. The van der Waals surface area contributed by atoms with Crippen molar-refractivity contribution in [2.75, 3.05) is 0 Å². The van der Waals surface area contributed by atoms with Crippen LogP contribution in [0.25, 0.3) is 0 Å². The maximum Gasteiger partial charge on any atom is 0.123 e. The highest BCUT2D eigenvalue weighted by Crippen LogP contribution is 2.20. The van der Waals surface area contributed by atoms with Gasteiger partial charge in [-0.1, -0.05) is 30.3 Å². The number of benzene rings is 1. The van der Waals surface area contributed by atoms with Crippen LogP contribution in [0.1, 0.15) is 22.9 Å². The van der Waals surface area contributed by atoms with Gasteiger partial charge in [-0.3, -0.25) is 0 Å². The molecule has 78 valence electrons. The maximum atomic E-state index is 6.08.